The number of terminal acetylenes is 1. The van der Waals surface area contributed by atoms with E-state index in [4.69, 9.17) is 6.42 Å². The first-order valence-corrected chi connectivity index (χ1v) is 3.83. The van der Waals surface area contributed by atoms with Crippen molar-refractivity contribution in [2.75, 3.05) is 0 Å². The Kier molecular flexibility index (Phi) is 1.11. The van der Waals surface area contributed by atoms with Gasteiger partial charge in [-0.25, -0.2) is 0 Å². The Morgan fingerprint density at radius 1 is 1.50 bits per heavy atom. The minimum Gasteiger partial charge on any atom is -0.299 e. The minimum atomic E-state index is 0.245. The predicted molar refractivity (Wildman–Crippen MR) is 38.2 cm³/mol. The van der Waals surface area contributed by atoms with Gasteiger partial charge in [0.25, 0.3) is 0 Å². The van der Waals surface area contributed by atoms with Crippen molar-refractivity contribution in [3.8, 4) is 12.3 Å². The standard InChI is InChI=1S/C9H10O/c1-2-6-5-7-3-4-8(6)9(7)10/h1,6-8H,3-5H2/t6-,7+,8-/m0/s1. The number of hydrogen-bond acceptors (Lipinski definition) is 1. The first-order chi connectivity index (χ1) is 4.83. The fourth-order valence-corrected chi connectivity index (χ4v) is 2.26. The molecular weight excluding hydrogens is 124 g/mol. The highest BCUT2D eigenvalue weighted by atomic mass is 16.1. The second kappa shape index (κ2) is 1.85. The Hall–Kier alpha value is -0.770. The number of hydrogen-bond donors (Lipinski definition) is 0. The number of fused-ring (bicyclic) bond motifs is 2. The molecular formula is C9H10O. The van der Waals surface area contributed by atoms with Gasteiger partial charge >= 0.3 is 0 Å². The molecule has 0 heterocycles. The van der Waals surface area contributed by atoms with Crippen molar-refractivity contribution in [3.63, 3.8) is 0 Å². The van der Waals surface area contributed by atoms with Crippen molar-refractivity contribution in [2.24, 2.45) is 17.8 Å². The van der Waals surface area contributed by atoms with Gasteiger partial charge in [0, 0.05) is 17.8 Å². The van der Waals surface area contributed by atoms with Gasteiger partial charge in [-0.1, -0.05) is 0 Å². The van der Waals surface area contributed by atoms with Gasteiger partial charge in [0.15, 0.2) is 0 Å². The van der Waals surface area contributed by atoms with E-state index < -0.39 is 0 Å². The fraction of sp³-hybridized carbons (Fsp3) is 0.667. The molecule has 2 bridgehead atoms. The van der Waals surface area contributed by atoms with E-state index in [9.17, 15) is 4.79 Å². The van der Waals surface area contributed by atoms with Crippen molar-refractivity contribution in [1.29, 1.82) is 0 Å². The van der Waals surface area contributed by atoms with Crippen LogP contribution in [0.1, 0.15) is 19.3 Å². The van der Waals surface area contributed by atoms with Gasteiger partial charge in [-0.05, 0) is 19.3 Å². The molecule has 10 heavy (non-hydrogen) atoms. The topological polar surface area (TPSA) is 17.1 Å². The van der Waals surface area contributed by atoms with Gasteiger partial charge in [0.2, 0.25) is 0 Å². The zero-order valence-electron chi connectivity index (χ0n) is 5.84. The zero-order chi connectivity index (χ0) is 7.14. The highest BCUT2D eigenvalue weighted by Crippen LogP contribution is 2.44. The summed E-state index contributed by atoms with van der Waals surface area (Å²) in [5.41, 5.74) is 0. The number of Topliss-reactive ketones (excluding diaryl/α,β-unsaturated/α-hetero) is 1. The summed E-state index contributed by atoms with van der Waals surface area (Å²) in [4.78, 5) is 11.2. The molecule has 0 aromatic heterocycles. The van der Waals surface area contributed by atoms with E-state index in [0.29, 0.717) is 11.7 Å². The molecule has 0 amide bonds. The monoisotopic (exact) mass is 134 g/mol. The lowest BCUT2D eigenvalue weighted by Gasteiger charge is -2.12. The van der Waals surface area contributed by atoms with Crippen LogP contribution < -0.4 is 0 Å². The number of rotatable bonds is 0. The minimum absolute atomic E-state index is 0.245. The van der Waals surface area contributed by atoms with E-state index in [2.05, 4.69) is 5.92 Å². The van der Waals surface area contributed by atoms with Gasteiger partial charge in [0.1, 0.15) is 5.78 Å². The molecule has 0 unspecified atom stereocenters. The molecule has 52 valence electrons. The summed E-state index contributed by atoms with van der Waals surface area (Å²) in [6, 6.07) is 0. The van der Waals surface area contributed by atoms with Gasteiger partial charge < -0.3 is 0 Å². The molecule has 0 radical (unpaired) electrons. The molecule has 2 saturated carbocycles. The average molecular weight is 134 g/mol. The van der Waals surface area contributed by atoms with Crippen LogP contribution in [-0.2, 0) is 4.79 Å². The van der Waals surface area contributed by atoms with Gasteiger partial charge in [0.05, 0.1) is 0 Å². The average Bonchev–Trinajstić information content (AvgIpc) is 2.46. The van der Waals surface area contributed by atoms with E-state index in [-0.39, 0.29) is 11.8 Å². The van der Waals surface area contributed by atoms with E-state index in [1.807, 2.05) is 0 Å². The van der Waals surface area contributed by atoms with Gasteiger partial charge in [-0.2, -0.15) is 0 Å². The van der Waals surface area contributed by atoms with E-state index in [0.717, 1.165) is 19.3 Å². The van der Waals surface area contributed by atoms with Crippen LogP contribution in [0.5, 0.6) is 0 Å². The normalized spacial score (nSPS) is 43.9. The fourth-order valence-electron chi connectivity index (χ4n) is 2.26. The Balaban J connectivity index is 2.25. The third-order valence-corrected chi connectivity index (χ3v) is 2.83. The quantitative estimate of drug-likeness (QED) is 0.455. The lowest BCUT2D eigenvalue weighted by molar-refractivity contribution is -0.121. The van der Waals surface area contributed by atoms with Crippen LogP contribution >= 0.6 is 0 Å². The maximum absolute atomic E-state index is 11.2. The first-order valence-electron chi connectivity index (χ1n) is 3.83. The summed E-state index contributed by atoms with van der Waals surface area (Å²) in [7, 11) is 0. The molecule has 1 heteroatoms. The summed E-state index contributed by atoms with van der Waals surface area (Å²) < 4.78 is 0. The summed E-state index contributed by atoms with van der Waals surface area (Å²) in [6.45, 7) is 0. The molecule has 2 aliphatic rings. The van der Waals surface area contributed by atoms with Crippen molar-refractivity contribution in [3.05, 3.63) is 0 Å². The Morgan fingerprint density at radius 3 is 2.60 bits per heavy atom. The maximum atomic E-state index is 11.2. The highest BCUT2D eigenvalue weighted by molar-refractivity contribution is 5.88. The van der Waals surface area contributed by atoms with Crippen LogP contribution in [0.15, 0.2) is 0 Å². The molecule has 2 rings (SSSR count). The smallest absolute Gasteiger partial charge is 0.140 e. The number of ketones is 1. The second-order valence-corrected chi connectivity index (χ2v) is 3.29. The largest absolute Gasteiger partial charge is 0.299 e. The third-order valence-electron chi connectivity index (χ3n) is 2.83. The van der Waals surface area contributed by atoms with Crippen LogP contribution in [0.2, 0.25) is 0 Å². The first kappa shape index (κ1) is 5.97. The van der Waals surface area contributed by atoms with Crippen molar-refractivity contribution < 1.29 is 4.79 Å². The second-order valence-electron chi connectivity index (χ2n) is 3.29. The van der Waals surface area contributed by atoms with Crippen LogP contribution in [0, 0.1) is 30.1 Å². The molecule has 3 atom stereocenters. The SMILES string of the molecule is C#C[C@H]1C[C@H]2CC[C@@H]1C2=O. The lowest BCUT2D eigenvalue weighted by Crippen LogP contribution is -2.09. The van der Waals surface area contributed by atoms with Gasteiger partial charge in [-0.15, -0.1) is 12.3 Å². The lowest BCUT2D eigenvalue weighted by atomic mass is 9.90. The summed E-state index contributed by atoms with van der Waals surface area (Å²) in [5, 5.41) is 0. The summed E-state index contributed by atoms with van der Waals surface area (Å²) in [6.07, 6.45) is 8.41. The molecule has 2 aliphatic carbocycles. The molecule has 0 saturated heterocycles. The zero-order valence-corrected chi connectivity index (χ0v) is 5.84. The Bertz CT molecular complexity index is 211. The van der Waals surface area contributed by atoms with E-state index in [1.54, 1.807) is 0 Å². The maximum Gasteiger partial charge on any atom is 0.140 e. The predicted octanol–water partition coefficient (Wildman–Crippen LogP) is 1.23. The van der Waals surface area contributed by atoms with Crippen LogP contribution in [-0.4, -0.2) is 5.78 Å². The Labute approximate surface area is 60.8 Å². The summed E-state index contributed by atoms with van der Waals surface area (Å²) >= 11 is 0. The molecule has 0 aromatic rings. The van der Waals surface area contributed by atoms with Crippen molar-refractivity contribution in [1.82, 2.24) is 0 Å². The van der Waals surface area contributed by atoms with E-state index >= 15 is 0 Å². The van der Waals surface area contributed by atoms with Crippen LogP contribution in [0.4, 0.5) is 0 Å². The summed E-state index contributed by atoms with van der Waals surface area (Å²) in [5.74, 6) is 4.02. The molecule has 0 aromatic carbocycles. The number of carbonyl (C=O) groups excluding carboxylic acids is 1. The van der Waals surface area contributed by atoms with Crippen molar-refractivity contribution in [2.45, 2.75) is 19.3 Å². The van der Waals surface area contributed by atoms with Crippen LogP contribution in [0.3, 0.4) is 0 Å². The molecule has 2 fully saturated rings. The van der Waals surface area contributed by atoms with Crippen LogP contribution in [0.25, 0.3) is 0 Å². The Morgan fingerprint density at radius 2 is 2.30 bits per heavy atom. The molecule has 0 N–H and O–H groups in total. The van der Waals surface area contributed by atoms with Gasteiger partial charge in [-0.3, -0.25) is 4.79 Å². The molecule has 0 aliphatic heterocycles. The highest BCUT2D eigenvalue weighted by Gasteiger charge is 2.46. The third kappa shape index (κ3) is 0.568. The molecule has 0 spiro atoms. The number of carbonyl (C=O) groups is 1. The molecule has 1 nitrogen and oxygen atoms in total. The van der Waals surface area contributed by atoms with E-state index in [1.165, 1.54) is 0 Å². The van der Waals surface area contributed by atoms with Crippen molar-refractivity contribution >= 4 is 5.78 Å².